The van der Waals surface area contributed by atoms with Gasteiger partial charge in [0.1, 0.15) is 0 Å². The van der Waals surface area contributed by atoms with Crippen LogP contribution in [0.1, 0.15) is 57.1 Å². The fraction of sp³-hybridized carbons (Fsp3) is 0.500. The Labute approximate surface area is 126 Å². The standard InChI is InChI=1S/C18H24N2O/c1-14-16-9-8-15-10-12-20(17(15)13-16)11-6-4-2-3-5-7-18(21)19-14/h8-10,12-14H,2-7,11H2,1H3,(H,19,21). The lowest BCUT2D eigenvalue weighted by Crippen LogP contribution is -2.26. The van der Waals surface area contributed by atoms with E-state index in [1.54, 1.807) is 0 Å². The van der Waals surface area contributed by atoms with Crippen molar-refractivity contribution < 1.29 is 4.79 Å². The Morgan fingerprint density at radius 2 is 1.90 bits per heavy atom. The summed E-state index contributed by atoms with van der Waals surface area (Å²) < 4.78 is 2.35. The molecule has 3 heteroatoms. The number of aryl methyl sites for hydroxylation is 1. The molecule has 0 radical (unpaired) electrons. The molecule has 1 aliphatic rings. The normalized spacial score (nSPS) is 21.2. The van der Waals surface area contributed by atoms with Crippen LogP contribution in [0.15, 0.2) is 30.5 Å². The van der Waals surface area contributed by atoms with Crippen molar-refractivity contribution in [2.24, 2.45) is 0 Å². The number of nitrogens with one attached hydrogen (secondary N) is 1. The molecule has 2 heterocycles. The topological polar surface area (TPSA) is 34.0 Å². The van der Waals surface area contributed by atoms with Crippen LogP contribution in [0.3, 0.4) is 0 Å². The van der Waals surface area contributed by atoms with Gasteiger partial charge in [-0.15, -0.1) is 0 Å². The van der Waals surface area contributed by atoms with Crippen LogP contribution >= 0.6 is 0 Å². The van der Waals surface area contributed by atoms with Gasteiger partial charge in [-0.2, -0.15) is 0 Å². The highest BCUT2D eigenvalue weighted by Crippen LogP contribution is 2.23. The van der Waals surface area contributed by atoms with E-state index in [1.165, 1.54) is 35.7 Å². The fourth-order valence-corrected chi connectivity index (χ4v) is 3.16. The van der Waals surface area contributed by atoms with Gasteiger partial charge in [0.25, 0.3) is 0 Å². The molecule has 0 saturated carbocycles. The first-order valence-corrected chi connectivity index (χ1v) is 8.12. The summed E-state index contributed by atoms with van der Waals surface area (Å²) in [4.78, 5) is 12.0. The minimum atomic E-state index is 0.0770. The predicted molar refractivity (Wildman–Crippen MR) is 86.2 cm³/mol. The van der Waals surface area contributed by atoms with Gasteiger partial charge in [0, 0.05) is 24.7 Å². The van der Waals surface area contributed by atoms with Crippen molar-refractivity contribution in [2.75, 3.05) is 0 Å². The zero-order valence-electron chi connectivity index (χ0n) is 12.8. The van der Waals surface area contributed by atoms with E-state index >= 15 is 0 Å². The van der Waals surface area contributed by atoms with Gasteiger partial charge in [-0.05, 0) is 42.8 Å². The third kappa shape index (κ3) is 3.29. The Kier molecular flexibility index (Phi) is 4.28. The van der Waals surface area contributed by atoms with E-state index in [0.717, 1.165) is 19.4 Å². The van der Waals surface area contributed by atoms with Gasteiger partial charge in [-0.1, -0.05) is 31.4 Å². The molecule has 0 saturated heterocycles. The third-order valence-electron chi connectivity index (χ3n) is 4.48. The lowest BCUT2D eigenvalue weighted by atomic mass is 10.1. The van der Waals surface area contributed by atoms with Crippen molar-refractivity contribution in [3.05, 3.63) is 36.0 Å². The maximum atomic E-state index is 12.0. The second kappa shape index (κ2) is 6.33. The Morgan fingerprint density at radius 1 is 1.10 bits per heavy atom. The lowest BCUT2D eigenvalue weighted by Gasteiger charge is -2.16. The number of hydrogen-bond acceptors (Lipinski definition) is 1. The molecule has 1 unspecified atom stereocenters. The van der Waals surface area contributed by atoms with Crippen molar-refractivity contribution in [1.82, 2.24) is 9.88 Å². The van der Waals surface area contributed by atoms with Crippen molar-refractivity contribution in [3.8, 4) is 0 Å². The van der Waals surface area contributed by atoms with Gasteiger partial charge < -0.3 is 9.88 Å². The summed E-state index contributed by atoms with van der Waals surface area (Å²) in [6.07, 6.45) is 8.70. The monoisotopic (exact) mass is 284 g/mol. The second-order valence-corrected chi connectivity index (χ2v) is 6.13. The maximum absolute atomic E-state index is 12.0. The molecule has 1 atom stereocenters. The van der Waals surface area contributed by atoms with E-state index in [1.807, 2.05) is 0 Å². The number of nitrogens with zero attached hydrogens (tertiary/aromatic N) is 1. The molecule has 1 aromatic heterocycles. The van der Waals surface area contributed by atoms with Crippen LogP contribution < -0.4 is 5.32 Å². The number of carbonyl (C=O) groups excluding carboxylic acids is 1. The number of rotatable bonds is 0. The van der Waals surface area contributed by atoms with Gasteiger partial charge in [0.2, 0.25) is 5.91 Å². The number of carbonyl (C=O) groups is 1. The first-order chi connectivity index (χ1) is 10.2. The van der Waals surface area contributed by atoms with Crippen molar-refractivity contribution in [2.45, 2.75) is 58.0 Å². The van der Waals surface area contributed by atoms with Gasteiger partial charge in [0.15, 0.2) is 0 Å². The average molecular weight is 284 g/mol. The largest absolute Gasteiger partial charge is 0.350 e. The number of hydrogen-bond donors (Lipinski definition) is 1. The van der Waals surface area contributed by atoms with Crippen LogP contribution in [0.25, 0.3) is 10.9 Å². The molecular formula is C18H24N2O. The minimum absolute atomic E-state index is 0.0770. The Morgan fingerprint density at radius 3 is 2.81 bits per heavy atom. The zero-order chi connectivity index (χ0) is 14.7. The molecule has 1 N–H and O–H groups in total. The molecule has 2 aromatic rings. The van der Waals surface area contributed by atoms with E-state index in [-0.39, 0.29) is 11.9 Å². The molecule has 1 amide bonds. The average Bonchev–Trinajstić information content (AvgIpc) is 2.88. The molecule has 0 aliphatic carbocycles. The van der Waals surface area contributed by atoms with Crippen LogP contribution in [0.2, 0.25) is 0 Å². The summed E-state index contributed by atoms with van der Waals surface area (Å²) in [6.45, 7) is 3.16. The molecule has 3 nitrogen and oxygen atoms in total. The predicted octanol–water partition coefficient (Wildman–Crippen LogP) is 4.17. The number of benzene rings is 1. The smallest absolute Gasteiger partial charge is 0.220 e. The quantitative estimate of drug-likeness (QED) is 0.774. The lowest BCUT2D eigenvalue weighted by molar-refractivity contribution is -0.121. The van der Waals surface area contributed by atoms with E-state index in [2.05, 4.69) is 47.3 Å². The molecule has 0 fully saturated rings. The maximum Gasteiger partial charge on any atom is 0.220 e. The first kappa shape index (κ1) is 14.2. The minimum Gasteiger partial charge on any atom is -0.350 e. The molecule has 1 aliphatic heterocycles. The number of amides is 1. The van der Waals surface area contributed by atoms with Crippen LogP contribution in [0, 0.1) is 0 Å². The van der Waals surface area contributed by atoms with Crippen LogP contribution in [-0.4, -0.2) is 10.5 Å². The summed E-state index contributed by atoms with van der Waals surface area (Å²) in [6, 6.07) is 8.78. The molecule has 1 aromatic carbocycles. The highest BCUT2D eigenvalue weighted by Gasteiger charge is 2.11. The van der Waals surface area contributed by atoms with Crippen molar-refractivity contribution in [3.63, 3.8) is 0 Å². The van der Waals surface area contributed by atoms with E-state index in [9.17, 15) is 4.79 Å². The summed E-state index contributed by atoms with van der Waals surface area (Å²) in [5.41, 5.74) is 2.47. The first-order valence-electron chi connectivity index (χ1n) is 8.12. The van der Waals surface area contributed by atoms with E-state index < -0.39 is 0 Å². The van der Waals surface area contributed by atoms with Crippen LogP contribution in [0.5, 0.6) is 0 Å². The summed E-state index contributed by atoms with van der Waals surface area (Å²) in [5, 5.41) is 4.40. The highest BCUT2D eigenvalue weighted by atomic mass is 16.1. The SMILES string of the molecule is CC1NC(=O)CCCCCCCn2ccc3ccc1cc32. The van der Waals surface area contributed by atoms with Crippen LogP contribution in [0.4, 0.5) is 0 Å². The van der Waals surface area contributed by atoms with Crippen molar-refractivity contribution in [1.29, 1.82) is 0 Å². The molecule has 112 valence electrons. The molecule has 2 bridgehead atoms. The Hall–Kier alpha value is -1.77. The molecule has 0 spiro atoms. The van der Waals surface area contributed by atoms with Gasteiger partial charge in [0.05, 0.1) is 6.04 Å². The third-order valence-corrected chi connectivity index (χ3v) is 4.48. The zero-order valence-corrected chi connectivity index (χ0v) is 12.8. The Balaban J connectivity index is 1.91. The molecule has 21 heavy (non-hydrogen) atoms. The van der Waals surface area contributed by atoms with Crippen molar-refractivity contribution >= 4 is 16.8 Å². The molecule has 3 rings (SSSR count). The molecular weight excluding hydrogens is 260 g/mol. The van der Waals surface area contributed by atoms with E-state index in [0.29, 0.717) is 6.42 Å². The number of fused-ring (bicyclic) bond motifs is 1. The van der Waals surface area contributed by atoms with Crippen LogP contribution in [-0.2, 0) is 11.3 Å². The summed E-state index contributed by atoms with van der Waals surface area (Å²) >= 11 is 0. The summed E-state index contributed by atoms with van der Waals surface area (Å²) in [7, 11) is 0. The van der Waals surface area contributed by atoms with Gasteiger partial charge in [-0.25, -0.2) is 0 Å². The fourth-order valence-electron chi connectivity index (χ4n) is 3.16. The summed E-state index contributed by atoms with van der Waals surface area (Å²) in [5.74, 6) is 0.176. The Bertz CT molecular complexity index is 629. The van der Waals surface area contributed by atoms with E-state index in [4.69, 9.17) is 0 Å². The second-order valence-electron chi connectivity index (χ2n) is 6.13. The number of aromatic nitrogens is 1. The van der Waals surface area contributed by atoms with Gasteiger partial charge >= 0.3 is 0 Å². The van der Waals surface area contributed by atoms with Gasteiger partial charge in [-0.3, -0.25) is 4.79 Å². The highest BCUT2D eigenvalue weighted by molar-refractivity contribution is 5.81.